The number of hydrogen-bond acceptors (Lipinski definition) is 20. The number of carbonyl (C=O) groups is 3. The number of nitrogens with zero attached hydrogens (tertiary/aromatic N) is 6. The lowest BCUT2D eigenvalue weighted by atomic mass is 9.80. The summed E-state index contributed by atoms with van der Waals surface area (Å²) in [6, 6.07) is 29.0. The van der Waals surface area contributed by atoms with Crippen molar-refractivity contribution in [2.24, 2.45) is 4.99 Å². The van der Waals surface area contributed by atoms with Gasteiger partial charge in [0.25, 0.3) is 5.56 Å². The van der Waals surface area contributed by atoms with Crippen molar-refractivity contribution in [3.63, 3.8) is 0 Å². The molecule has 0 aliphatic carbocycles. The summed E-state index contributed by atoms with van der Waals surface area (Å²) in [5.41, 5.74) is -0.794. The van der Waals surface area contributed by atoms with Gasteiger partial charge in [0.05, 0.1) is 71.4 Å². The van der Waals surface area contributed by atoms with E-state index in [1.165, 1.54) is 13.1 Å². The van der Waals surface area contributed by atoms with Crippen molar-refractivity contribution in [1.82, 2.24) is 24.9 Å². The van der Waals surface area contributed by atoms with Crippen LogP contribution in [0.25, 0.3) is 0 Å². The van der Waals surface area contributed by atoms with Crippen LogP contribution in [0.2, 0.25) is 0 Å². The van der Waals surface area contributed by atoms with Crippen molar-refractivity contribution in [2.75, 3.05) is 53.8 Å². The van der Waals surface area contributed by atoms with Crippen molar-refractivity contribution in [1.29, 1.82) is 15.8 Å². The van der Waals surface area contributed by atoms with Crippen LogP contribution in [-0.4, -0.2) is 123 Å². The van der Waals surface area contributed by atoms with Crippen LogP contribution < -0.4 is 31.4 Å². The second kappa shape index (κ2) is 30.0. The molecule has 2 heterocycles. The normalized spacial score (nSPS) is 16.3. The number of H-pyrrole nitrogens is 1. The molecule has 4 aromatic rings. The summed E-state index contributed by atoms with van der Waals surface area (Å²) in [7, 11) is 0.625. The number of amides is 2. The number of carbonyl (C=O) groups excluding carboxylic acids is 3. The lowest BCUT2D eigenvalue weighted by Crippen LogP contribution is -2.45. The van der Waals surface area contributed by atoms with E-state index in [4.69, 9.17) is 57.5 Å². The Morgan fingerprint density at radius 1 is 0.766 bits per heavy atom. The second-order valence-corrected chi connectivity index (χ2v) is 18.6. The molecule has 5 atom stereocenters. The summed E-state index contributed by atoms with van der Waals surface area (Å²) in [4.78, 5) is 72.2. The van der Waals surface area contributed by atoms with Gasteiger partial charge in [0.1, 0.15) is 55.2 Å². The van der Waals surface area contributed by atoms with Crippen LogP contribution in [0.4, 0.5) is 14.4 Å². The maximum atomic E-state index is 13.9. The molecule has 77 heavy (non-hydrogen) atoms. The SMILES string of the molecule is COc1ccc(C(OC[C@H]2O[C@@H](n3cc(C)c(=O)[nH]c3=O)[C@H](OCCN=C(NC(=O)OCCC#N)NC(=O)OCCC#N)[C@@H]2OP(OC(=O)OCCC#N)N(C(C)C)C(C)C)(c2ccccc2)c2ccc(OC)cc2)cc1. The number of guanidine groups is 1. The summed E-state index contributed by atoms with van der Waals surface area (Å²) in [5, 5.41) is 31.6. The molecule has 1 aliphatic heterocycles. The molecule has 410 valence electrons. The fourth-order valence-corrected chi connectivity index (χ4v) is 9.64. The first-order chi connectivity index (χ1) is 37.1. The van der Waals surface area contributed by atoms with Gasteiger partial charge in [-0.15, -0.1) is 0 Å². The number of aromatic amines is 1. The van der Waals surface area contributed by atoms with Gasteiger partial charge in [-0.1, -0.05) is 54.6 Å². The van der Waals surface area contributed by atoms with Crippen LogP contribution in [0.3, 0.4) is 0 Å². The molecule has 1 fully saturated rings. The van der Waals surface area contributed by atoms with Crippen molar-refractivity contribution in [2.45, 2.75) is 96.1 Å². The number of nitriles is 3. The quantitative estimate of drug-likeness (QED) is 0.0120. The fraction of sp³-hybridized carbons (Fsp3) is 0.442. The lowest BCUT2D eigenvalue weighted by Gasteiger charge is -2.39. The molecule has 0 bridgehead atoms. The number of benzene rings is 3. The predicted octanol–water partition coefficient (Wildman–Crippen LogP) is 6.59. The Morgan fingerprint density at radius 3 is 1.79 bits per heavy atom. The van der Waals surface area contributed by atoms with E-state index in [-0.39, 0.29) is 76.5 Å². The number of rotatable bonds is 25. The van der Waals surface area contributed by atoms with Gasteiger partial charge in [-0.3, -0.25) is 25.0 Å². The third kappa shape index (κ3) is 16.6. The average Bonchev–Trinajstić information content (AvgIpc) is 3.76. The van der Waals surface area contributed by atoms with Gasteiger partial charge in [0, 0.05) is 23.8 Å². The Labute approximate surface area is 446 Å². The Morgan fingerprint density at radius 2 is 1.29 bits per heavy atom. The Bertz CT molecular complexity index is 2760. The summed E-state index contributed by atoms with van der Waals surface area (Å²) in [5.74, 6) is 0.709. The number of alkyl carbamates (subject to hydrolysis) is 2. The molecule has 1 unspecified atom stereocenters. The second-order valence-electron chi connectivity index (χ2n) is 17.2. The van der Waals surface area contributed by atoms with Gasteiger partial charge in [-0.2, -0.15) is 15.8 Å². The van der Waals surface area contributed by atoms with E-state index in [9.17, 15) is 29.2 Å². The summed E-state index contributed by atoms with van der Waals surface area (Å²) < 4.78 is 63.1. The average molecular weight is 1080 g/mol. The maximum Gasteiger partial charge on any atom is 0.513 e. The summed E-state index contributed by atoms with van der Waals surface area (Å²) in [6.07, 6.45) is -7.64. The number of aromatic nitrogens is 2. The number of methoxy groups -OCH3 is 2. The number of nitrogens with one attached hydrogen (secondary N) is 3. The number of ether oxygens (including phenoxy) is 8. The van der Waals surface area contributed by atoms with E-state index in [1.807, 2.05) is 100 Å². The molecule has 2 amide bonds. The summed E-state index contributed by atoms with van der Waals surface area (Å²) in [6.45, 7) is 7.12. The van der Waals surface area contributed by atoms with E-state index >= 15 is 0 Å². The maximum absolute atomic E-state index is 13.9. The van der Waals surface area contributed by atoms with Crippen LogP contribution >= 0.6 is 8.53 Å². The van der Waals surface area contributed by atoms with E-state index in [0.717, 1.165) is 4.57 Å². The molecule has 25 heteroatoms. The highest BCUT2D eigenvalue weighted by atomic mass is 31.2. The van der Waals surface area contributed by atoms with Crippen LogP contribution in [0.15, 0.2) is 99.6 Å². The first-order valence-corrected chi connectivity index (χ1v) is 25.4. The summed E-state index contributed by atoms with van der Waals surface area (Å²) >= 11 is 0. The van der Waals surface area contributed by atoms with Crippen molar-refractivity contribution < 1.29 is 61.3 Å². The standard InChI is InChI=1S/C52H62N9O15P/c1-34(2)61(35(3)4)77(76-51(66)72-30-13-26-55)75-43-42(33-73-52(37-14-9-8-10-15-37,38-16-20-40(67-6)21-17-38)39-18-22-41(68-7)23-19-39)74-46(60-32-36(5)45(62)57-48(60)63)44(43)69-31-27-56-47(58-49(64)70-28-11-24-53)59-50(65)71-29-12-25-54/h8-10,14-23,32,34-35,42-44,46H,11-13,27-31,33H2,1-7H3,(H,57,62,63)(H2,56,58,59,64,65)/t42-,43-,44-,46-,77?/m1/s1. The first-order valence-electron chi connectivity index (χ1n) is 24.3. The molecule has 3 aromatic carbocycles. The molecule has 0 saturated carbocycles. The van der Waals surface area contributed by atoms with Crippen LogP contribution in [0, 0.1) is 40.9 Å². The van der Waals surface area contributed by atoms with Crippen LogP contribution in [-0.2, 0) is 43.1 Å². The van der Waals surface area contributed by atoms with Crippen molar-refractivity contribution >= 4 is 32.8 Å². The van der Waals surface area contributed by atoms with Gasteiger partial charge in [0.2, 0.25) is 5.96 Å². The minimum absolute atomic E-state index is 0.113. The third-order valence-corrected chi connectivity index (χ3v) is 13.4. The van der Waals surface area contributed by atoms with Crippen molar-refractivity contribution in [3.05, 3.63) is 128 Å². The van der Waals surface area contributed by atoms with Crippen LogP contribution in [0.5, 0.6) is 11.5 Å². The number of aryl methyl sites for hydroxylation is 1. The molecule has 1 aromatic heterocycles. The number of aliphatic imine (C=N–C) groups is 1. The molecule has 0 spiro atoms. The fourth-order valence-electron chi connectivity index (χ4n) is 8.00. The highest BCUT2D eigenvalue weighted by Crippen LogP contribution is 2.51. The first kappa shape index (κ1) is 60.0. The smallest absolute Gasteiger partial charge is 0.497 e. The molecule has 3 N–H and O–H groups in total. The molecule has 5 rings (SSSR count). The molecule has 1 saturated heterocycles. The topological polar surface area (TPSA) is 309 Å². The molecule has 24 nitrogen and oxygen atoms in total. The zero-order valence-electron chi connectivity index (χ0n) is 43.7. The van der Waals surface area contributed by atoms with E-state index < -0.39 is 74.2 Å². The number of hydrogen-bond donors (Lipinski definition) is 3. The molecular formula is C52H62N9O15P. The zero-order valence-corrected chi connectivity index (χ0v) is 44.6. The molecular weight excluding hydrogens is 1020 g/mol. The molecule has 1 aliphatic rings. The predicted molar refractivity (Wildman–Crippen MR) is 276 cm³/mol. The van der Waals surface area contributed by atoms with E-state index in [0.29, 0.717) is 28.2 Å². The minimum Gasteiger partial charge on any atom is -0.497 e. The minimum atomic E-state index is -2.48. The van der Waals surface area contributed by atoms with Gasteiger partial charge in [0.15, 0.2) is 6.23 Å². The Balaban J connectivity index is 1.68. The Hall–Kier alpha value is -7.88. The van der Waals surface area contributed by atoms with Gasteiger partial charge in [-0.05, 0) is 75.6 Å². The van der Waals surface area contributed by atoms with Crippen molar-refractivity contribution in [3.8, 4) is 29.7 Å². The monoisotopic (exact) mass is 1080 g/mol. The van der Waals surface area contributed by atoms with Gasteiger partial charge in [-0.25, -0.2) is 28.8 Å². The largest absolute Gasteiger partial charge is 0.513 e. The third-order valence-electron chi connectivity index (χ3n) is 11.4. The lowest BCUT2D eigenvalue weighted by molar-refractivity contribution is -0.0973. The zero-order chi connectivity index (χ0) is 55.9. The highest BCUT2D eigenvalue weighted by molar-refractivity contribution is 7.45. The van der Waals surface area contributed by atoms with E-state index in [2.05, 4.69) is 20.6 Å². The Kier molecular flexibility index (Phi) is 23.4. The molecule has 0 radical (unpaired) electrons. The van der Waals surface area contributed by atoms with Gasteiger partial charge >= 0.3 is 32.6 Å². The highest BCUT2D eigenvalue weighted by Gasteiger charge is 2.52. The van der Waals surface area contributed by atoms with E-state index in [1.54, 1.807) is 43.2 Å². The van der Waals surface area contributed by atoms with Gasteiger partial charge < -0.3 is 46.9 Å². The van der Waals surface area contributed by atoms with Crippen LogP contribution in [0.1, 0.15) is 75.4 Å².